The number of aliphatic hydroxyl groups is 1. The highest BCUT2D eigenvalue weighted by atomic mass is 35.5. The van der Waals surface area contributed by atoms with Gasteiger partial charge in [0.05, 0.1) is 24.0 Å². The Hall–Kier alpha value is -3.61. The second kappa shape index (κ2) is 12.3. The number of hydrogen-bond acceptors (Lipinski definition) is 9. The van der Waals surface area contributed by atoms with E-state index in [4.69, 9.17) is 5.73 Å². The smallest absolute Gasteiger partial charge is 0.224 e. The van der Waals surface area contributed by atoms with Gasteiger partial charge in [-0.2, -0.15) is 15.1 Å². The molecule has 2 aliphatic rings. The molecule has 40 heavy (non-hydrogen) atoms. The fraction of sp³-hybridized carbons (Fsp3) is 0.407. The first-order valence-electron chi connectivity index (χ1n) is 12.9. The Balaban J connectivity index is 0.00000370. The van der Waals surface area contributed by atoms with Gasteiger partial charge in [-0.3, -0.25) is 9.69 Å². The Morgan fingerprint density at radius 3 is 2.45 bits per heavy atom. The van der Waals surface area contributed by atoms with Gasteiger partial charge in [0.1, 0.15) is 17.5 Å². The highest BCUT2D eigenvalue weighted by molar-refractivity contribution is 5.86. The molecule has 2 aliphatic heterocycles. The summed E-state index contributed by atoms with van der Waals surface area (Å²) in [7, 11) is 0. The molecular formula is C27H33ClF2N8O2. The van der Waals surface area contributed by atoms with Crippen molar-refractivity contribution in [2.45, 2.75) is 32.4 Å². The van der Waals surface area contributed by atoms with Gasteiger partial charge in [-0.05, 0) is 26.0 Å². The molecule has 2 aromatic heterocycles. The number of aromatic nitrogens is 4. The van der Waals surface area contributed by atoms with E-state index in [0.717, 1.165) is 37.0 Å². The van der Waals surface area contributed by atoms with Gasteiger partial charge in [-0.25, -0.2) is 13.5 Å². The van der Waals surface area contributed by atoms with Crippen LogP contribution in [0.25, 0.3) is 11.9 Å². The van der Waals surface area contributed by atoms with Crippen molar-refractivity contribution >= 4 is 41.7 Å². The molecule has 0 aliphatic carbocycles. The number of nitrogens with zero attached hydrogens (tertiary/aromatic N) is 7. The van der Waals surface area contributed by atoms with Gasteiger partial charge in [0, 0.05) is 69.1 Å². The minimum absolute atomic E-state index is 0. The lowest BCUT2D eigenvalue weighted by Gasteiger charge is -2.35. The standard InChI is InChI=1S/C27H32F2N8O2.ClH/c1-17-19(4-3-5-34-6-8-35(9-7-34)22-11-20(28)10-21(29)12-22)15-31-37(17)26-14-25(32-27(30)33-26)36-16-23(39)13-24(36)18(2)38;/h3-4,10-12,14-15,23-24,39H,5-9,13,16H2,1-2H3,(H2,30,32,33);1H/b4-3+;/t23-,24+;/m1./s1. The maximum atomic E-state index is 13.6. The number of ketones is 1. The third-order valence-corrected chi connectivity index (χ3v) is 7.27. The molecule has 5 rings (SSSR count). The predicted molar refractivity (Wildman–Crippen MR) is 152 cm³/mol. The zero-order valence-electron chi connectivity index (χ0n) is 22.4. The zero-order chi connectivity index (χ0) is 27.7. The van der Waals surface area contributed by atoms with Gasteiger partial charge in [-0.15, -0.1) is 12.4 Å². The Bertz CT molecular complexity index is 1370. The number of nitrogens with two attached hydrogens (primary N) is 1. The van der Waals surface area contributed by atoms with Crippen LogP contribution in [0.1, 0.15) is 24.6 Å². The number of Topliss-reactive ketones (excluding diaryl/α,β-unsaturated/α-hetero) is 1. The summed E-state index contributed by atoms with van der Waals surface area (Å²) in [5.41, 5.74) is 8.35. The van der Waals surface area contributed by atoms with E-state index in [2.05, 4.69) is 26.0 Å². The van der Waals surface area contributed by atoms with Crippen molar-refractivity contribution in [1.29, 1.82) is 0 Å². The number of halogens is 3. The lowest BCUT2D eigenvalue weighted by Crippen LogP contribution is -2.46. The minimum atomic E-state index is -0.617. The average molecular weight is 575 g/mol. The number of piperazine rings is 1. The Labute approximate surface area is 237 Å². The minimum Gasteiger partial charge on any atom is -0.391 e. The van der Waals surface area contributed by atoms with Gasteiger partial charge >= 0.3 is 0 Å². The van der Waals surface area contributed by atoms with Gasteiger partial charge in [-0.1, -0.05) is 12.2 Å². The van der Waals surface area contributed by atoms with E-state index in [1.54, 1.807) is 21.8 Å². The topological polar surface area (TPSA) is 117 Å². The van der Waals surface area contributed by atoms with E-state index in [-0.39, 0.29) is 24.1 Å². The van der Waals surface area contributed by atoms with E-state index in [1.807, 2.05) is 17.9 Å². The molecule has 3 aromatic rings. The van der Waals surface area contributed by atoms with Crippen LogP contribution < -0.4 is 15.5 Å². The summed E-state index contributed by atoms with van der Waals surface area (Å²) >= 11 is 0. The van der Waals surface area contributed by atoms with Gasteiger partial charge in [0.25, 0.3) is 0 Å². The lowest BCUT2D eigenvalue weighted by atomic mass is 10.1. The van der Waals surface area contributed by atoms with Crippen LogP contribution in [-0.4, -0.2) is 87.0 Å². The summed E-state index contributed by atoms with van der Waals surface area (Å²) in [5.74, 6) is -0.176. The van der Waals surface area contributed by atoms with Crippen molar-refractivity contribution in [1.82, 2.24) is 24.6 Å². The summed E-state index contributed by atoms with van der Waals surface area (Å²) in [5, 5.41) is 14.6. The number of aliphatic hydroxyl groups excluding tert-OH is 1. The molecule has 4 heterocycles. The highest BCUT2D eigenvalue weighted by Gasteiger charge is 2.35. The molecule has 1 aromatic carbocycles. The molecule has 0 radical (unpaired) electrons. The Morgan fingerprint density at radius 2 is 1.77 bits per heavy atom. The summed E-state index contributed by atoms with van der Waals surface area (Å²) in [4.78, 5) is 26.8. The number of nitrogen functional groups attached to an aromatic ring is 1. The van der Waals surface area contributed by atoms with E-state index >= 15 is 0 Å². The van der Waals surface area contributed by atoms with Crippen LogP contribution in [0, 0.1) is 18.6 Å². The zero-order valence-corrected chi connectivity index (χ0v) is 23.2. The number of benzene rings is 1. The summed E-state index contributed by atoms with van der Waals surface area (Å²) in [6.45, 7) is 7.37. The Kier molecular flexibility index (Phi) is 9.02. The van der Waals surface area contributed by atoms with Crippen LogP contribution in [-0.2, 0) is 4.79 Å². The first-order chi connectivity index (χ1) is 18.7. The van der Waals surface area contributed by atoms with E-state index in [1.165, 1.54) is 19.1 Å². The third-order valence-electron chi connectivity index (χ3n) is 7.27. The molecule has 214 valence electrons. The van der Waals surface area contributed by atoms with Crippen molar-refractivity contribution in [3.8, 4) is 5.82 Å². The fourth-order valence-electron chi connectivity index (χ4n) is 5.20. The van der Waals surface area contributed by atoms with E-state index in [0.29, 0.717) is 43.4 Å². The van der Waals surface area contributed by atoms with Gasteiger partial charge in [0.2, 0.25) is 5.95 Å². The van der Waals surface area contributed by atoms with Crippen molar-refractivity contribution in [2.24, 2.45) is 0 Å². The molecule has 10 nitrogen and oxygen atoms in total. The van der Waals surface area contributed by atoms with Gasteiger partial charge in [0.15, 0.2) is 11.6 Å². The Morgan fingerprint density at radius 1 is 1.10 bits per heavy atom. The monoisotopic (exact) mass is 574 g/mol. The SMILES string of the molecule is CC(=O)[C@@H]1C[C@@H](O)CN1c1cc(-n2ncc(/C=C/CN3CCN(c4cc(F)cc(F)c4)CC3)c2C)nc(N)n1.Cl. The molecule has 0 bridgehead atoms. The number of carbonyl (C=O) groups is 1. The van der Waals surface area contributed by atoms with Crippen LogP contribution in [0.2, 0.25) is 0 Å². The number of hydrogen-bond donors (Lipinski definition) is 2. The first-order valence-corrected chi connectivity index (χ1v) is 12.9. The lowest BCUT2D eigenvalue weighted by molar-refractivity contribution is -0.118. The average Bonchev–Trinajstić information content (AvgIpc) is 3.46. The van der Waals surface area contributed by atoms with Crippen molar-refractivity contribution in [3.63, 3.8) is 0 Å². The van der Waals surface area contributed by atoms with Gasteiger partial charge < -0.3 is 20.6 Å². The van der Waals surface area contributed by atoms with Crippen LogP contribution in [0.3, 0.4) is 0 Å². The van der Waals surface area contributed by atoms with E-state index in [9.17, 15) is 18.7 Å². The molecule has 3 N–H and O–H groups in total. The second-order valence-corrected chi connectivity index (χ2v) is 10.0. The summed E-state index contributed by atoms with van der Waals surface area (Å²) < 4.78 is 28.8. The molecule has 0 spiro atoms. The maximum Gasteiger partial charge on any atom is 0.224 e. The number of β-amino-alcohol motifs (C(OH)–C–C–N with tert-alkyl or cyclic N) is 1. The van der Waals surface area contributed by atoms with Crippen LogP contribution in [0.4, 0.5) is 26.2 Å². The van der Waals surface area contributed by atoms with Crippen molar-refractivity contribution in [3.05, 3.63) is 59.4 Å². The first kappa shape index (κ1) is 29.4. The quantitative estimate of drug-likeness (QED) is 0.439. The molecule has 2 atom stereocenters. The van der Waals surface area contributed by atoms with Crippen LogP contribution >= 0.6 is 12.4 Å². The molecule has 0 amide bonds. The molecule has 2 fully saturated rings. The maximum absolute atomic E-state index is 13.6. The van der Waals surface area contributed by atoms with Crippen LogP contribution in [0.15, 0.2) is 36.5 Å². The number of carbonyl (C=O) groups excluding carboxylic acids is 1. The second-order valence-electron chi connectivity index (χ2n) is 10.0. The van der Waals surface area contributed by atoms with Crippen molar-refractivity contribution < 1.29 is 18.7 Å². The number of rotatable bonds is 7. The predicted octanol–water partition coefficient (Wildman–Crippen LogP) is 2.62. The summed E-state index contributed by atoms with van der Waals surface area (Å²) in [6, 6.07) is 4.88. The normalized spacial score (nSPS) is 19.8. The molecule has 0 saturated carbocycles. The van der Waals surface area contributed by atoms with E-state index < -0.39 is 23.8 Å². The largest absolute Gasteiger partial charge is 0.391 e. The highest BCUT2D eigenvalue weighted by Crippen LogP contribution is 2.27. The molecule has 13 heteroatoms. The van der Waals surface area contributed by atoms with Crippen LogP contribution in [0.5, 0.6) is 0 Å². The summed E-state index contributed by atoms with van der Waals surface area (Å²) in [6.07, 6.45) is 5.55. The van der Waals surface area contributed by atoms with Crippen molar-refractivity contribution in [2.75, 3.05) is 54.8 Å². The molecular weight excluding hydrogens is 542 g/mol. The number of anilines is 3. The fourth-order valence-corrected chi connectivity index (χ4v) is 5.20. The third kappa shape index (κ3) is 6.40. The molecule has 2 saturated heterocycles. The molecule has 0 unspecified atom stereocenters.